The molecule has 1 unspecified atom stereocenters. The molecular weight excluding hydrogens is 221 g/mol. The minimum absolute atomic E-state index is 0.00549. The molecule has 1 aromatic rings. The summed E-state index contributed by atoms with van der Waals surface area (Å²) in [5.74, 6) is 0.535. The molecule has 0 radical (unpaired) electrons. The summed E-state index contributed by atoms with van der Waals surface area (Å²) in [6, 6.07) is 0. The van der Waals surface area contributed by atoms with Crippen molar-refractivity contribution in [3.05, 3.63) is 18.2 Å². The smallest absolute Gasteiger partial charge is 0.225 e. The highest BCUT2D eigenvalue weighted by atomic mass is 35.5. The Hall–Kier alpha value is -0.940. The van der Waals surface area contributed by atoms with E-state index in [9.17, 15) is 4.39 Å². The number of aromatic nitrogens is 2. The van der Waals surface area contributed by atoms with Crippen LogP contribution in [-0.4, -0.2) is 41.6 Å². The Bertz CT molecular complexity index is 322. The highest BCUT2D eigenvalue weighted by molar-refractivity contribution is 6.18. The van der Waals surface area contributed by atoms with E-state index in [-0.39, 0.29) is 6.10 Å². The highest BCUT2D eigenvalue weighted by Crippen LogP contribution is 2.13. The van der Waals surface area contributed by atoms with Gasteiger partial charge in [-0.2, -0.15) is 0 Å². The first kappa shape index (κ1) is 10.6. The molecular formula is C9H11ClFN3O. The van der Waals surface area contributed by atoms with E-state index in [0.29, 0.717) is 31.5 Å². The summed E-state index contributed by atoms with van der Waals surface area (Å²) in [7, 11) is 0. The Morgan fingerprint density at radius 2 is 2.27 bits per heavy atom. The van der Waals surface area contributed by atoms with E-state index in [1.54, 1.807) is 0 Å². The summed E-state index contributed by atoms with van der Waals surface area (Å²) < 4.78 is 18.0. The maximum Gasteiger partial charge on any atom is 0.225 e. The molecule has 1 fully saturated rings. The average molecular weight is 232 g/mol. The normalized spacial score (nSPS) is 21.7. The van der Waals surface area contributed by atoms with Gasteiger partial charge in [0.2, 0.25) is 5.95 Å². The molecule has 0 saturated carbocycles. The largest absolute Gasteiger partial charge is 0.373 e. The van der Waals surface area contributed by atoms with Gasteiger partial charge in [-0.25, -0.2) is 14.4 Å². The molecule has 0 spiro atoms. The summed E-state index contributed by atoms with van der Waals surface area (Å²) in [5.41, 5.74) is 0. The van der Waals surface area contributed by atoms with Crippen molar-refractivity contribution in [2.45, 2.75) is 6.10 Å². The highest BCUT2D eigenvalue weighted by Gasteiger charge is 2.21. The number of alkyl halides is 1. The summed E-state index contributed by atoms with van der Waals surface area (Å²) in [6.07, 6.45) is 2.31. The van der Waals surface area contributed by atoms with E-state index in [1.807, 2.05) is 4.90 Å². The van der Waals surface area contributed by atoms with Gasteiger partial charge in [-0.3, -0.25) is 0 Å². The van der Waals surface area contributed by atoms with E-state index >= 15 is 0 Å². The van der Waals surface area contributed by atoms with E-state index in [2.05, 4.69) is 9.97 Å². The Morgan fingerprint density at radius 3 is 2.93 bits per heavy atom. The molecule has 1 aliphatic heterocycles. The van der Waals surface area contributed by atoms with E-state index in [1.165, 1.54) is 0 Å². The van der Waals surface area contributed by atoms with Crippen molar-refractivity contribution in [3.8, 4) is 0 Å². The number of rotatable bonds is 2. The zero-order chi connectivity index (χ0) is 10.7. The van der Waals surface area contributed by atoms with Crippen LogP contribution < -0.4 is 4.90 Å². The third kappa shape index (κ3) is 2.54. The summed E-state index contributed by atoms with van der Waals surface area (Å²) in [6.45, 7) is 1.95. The molecule has 2 rings (SSSR count). The van der Waals surface area contributed by atoms with Crippen molar-refractivity contribution >= 4 is 17.5 Å². The molecule has 0 aliphatic carbocycles. The van der Waals surface area contributed by atoms with Crippen LogP contribution in [0.5, 0.6) is 0 Å². The molecule has 2 heterocycles. The van der Waals surface area contributed by atoms with Crippen LogP contribution in [0.1, 0.15) is 0 Å². The van der Waals surface area contributed by atoms with Gasteiger partial charge in [-0.1, -0.05) is 0 Å². The molecule has 4 nitrogen and oxygen atoms in total. The first-order chi connectivity index (χ1) is 7.29. The fourth-order valence-corrected chi connectivity index (χ4v) is 1.65. The quantitative estimate of drug-likeness (QED) is 0.714. The van der Waals surface area contributed by atoms with Gasteiger partial charge in [0.1, 0.15) is 0 Å². The number of halogens is 2. The standard InChI is InChI=1S/C9H11ClFN3O/c10-3-8-6-14(1-2-15-8)9-12-4-7(11)5-13-9/h4-5,8H,1-3,6H2. The van der Waals surface area contributed by atoms with E-state index in [4.69, 9.17) is 16.3 Å². The monoisotopic (exact) mass is 231 g/mol. The fraction of sp³-hybridized carbons (Fsp3) is 0.556. The van der Waals surface area contributed by atoms with Crippen LogP contribution >= 0.6 is 11.6 Å². The van der Waals surface area contributed by atoms with E-state index < -0.39 is 5.82 Å². The predicted molar refractivity (Wildman–Crippen MR) is 54.7 cm³/mol. The van der Waals surface area contributed by atoms with Crippen molar-refractivity contribution in [1.82, 2.24) is 9.97 Å². The lowest BCUT2D eigenvalue weighted by Gasteiger charge is -2.31. The van der Waals surface area contributed by atoms with Crippen molar-refractivity contribution in [2.75, 3.05) is 30.5 Å². The minimum Gasteiger partial charge on any atom is -0.373 e. The second-order valence-corrected chi connectivity index (χ2v) is 3.60. The van der Waals surface area contributed by atoms with Crippen molar-refractivity contribution in [3.63, 3.8) is 0 Å². The molecule has 0 aromatic carbocycles. The maximum absolute atomic E-state index is 12.6. The first-order valence-corrected chi connectivity index (χ1v) is 5.23. The van der Waals surface area contributed by atoms with Crippen LogP contribution in [0.3, 0.4) is 0 Å². The van der Waals surface area contributed by atoms with Crippen LogP contribution in [0.15, 0.2) is 12.4 Å². The van der Waals surface area contributed by atoms with Gasteiger partial charge in [0, 0.05) is 13.1 Å². The fourth-order valence-electron chi connectivity index (χ4n) is 1.46. The maximum atomic E-state index is 12.6. The molecule has 1 atom stereocenters. The van der Waals surface area contributed by atoms with Crippen LogP contribution in [0, 0.1) is 5.82 Å². The van der Waals surface area contributed by atoms with Crippen LogP contribution in [0.2, 0.25) is 0 Å². The van der Waals surface area contributed by atoms with Crippen LogP contribution in [0.4, 0.5) is 10.3 Å². The zero-order valence-corrected chi connectivity index (χ0v) is 8.82. The van der Waals surface area contributed by atoms with Gasteiger partial charge in [-0.05, 0) is 0 Å². The molecule has 1 aliphatic rings. The topological polar surface area (TPSA) is 38.2 Å². The molecule has 0 N–H and O–H groups in total. The van der Waals surface area contributed by atoms with Gasteiger partial charge >= 0.3 is 0 Å². The first-order valence-electron chi connectivity index (χ1n) is 4.69. The number of ether oxygens (including phenoxy) is 1. The van der Waals surface area contributed by atoms with E-state index in [0.717, 1.165) is 12.4 Å². The predicted octanol–water partition coefficient (Wildman–Crippen LogP) is 1.06. The third-order valence-electron chi connectivity index (χ3n) is 2.20. The molecule has 6 heteroatoms. The molecule has 1 saturated heterocycles. The number of hydrogen-bond acceptors (Lipinski definition) is 4. The van der Waals surface area contributed by atoms with Gasteiger partial charge in [0.25, 0.3) is 0 Å². The minimum atomic E-state index is -0.430. The lowest BCUT2D eigenvalue weighted by Crippen LogP contribution is -2.44. The van der Waals surface area contributed by atoms with Gasteiger partial charge in [-0.15, -0.1) is 11.6 Å². The van der Waals surface area contributed by atoms with Crippen LogP contribution in [-0.2, 0) is 4.74 Å². The van der Waals surface area contributed by atoms with Crippen molar-refractivity contribution < 1.29 is 9.13 Å². The summed E-state index contributed by atoms with van der Waals surface area (Å²) in [4.78, 5) is 9.76. The average Bonchev–Trinajstić information content (AvgIpc) is 2.30. The summed E-state index contributed by atoms with van der Waals surface area (Å²) in [5, 5.41) is 0. The Kier molecular flexibility index (Phi) is 3.33. The molecule has 0 bridgehead atoms. The lowest BCUT2D eigenvalue weighted by molar-refractivity contribution is 0.0548. The number of nitrogens with zero attached hydrogens (tertiary/aromatic N) is 3. The number of morpholine rings is 1. The Labute approximate surface area is 92.0 Å². The van der Waals surface area contributed by atoms with Gasteiger partial charge in [0.05, 0.1) is 31.0 Å². The molecule has 0 amide bonds. The lowest BCUT2D eigenvalue weighted by atomic mass is 10.3. The second kappa shape index (κ2) is 4.72. The van der Waals surface area contributed by atoms with Gasteiger partial charge in [0.15, 0.2) is 5.82 Å². The second-order valence-electron chi connectivity index (χ2n) is 3.29. The molecule has 15 heavy (non-hydrogen) atoms. The molecule has 82 valence electrons. The van der Waals surface area contributed by atoms with Crippen molar-refractivity contribution in [1.29, 1.82) is 0 Å². The summed E-state index contributed by atoms with van der Waals surface area (Å²) >= 11 is 5.71. The van der Waals surface area contributed by atoms with Crippen molar-refractivity contribution in [2.24, 2.45) is 0 Å². The SMILES string of the molecule is Fc1cnc(N2CCOC(CCl)C2)nc1. The van der Waals surface area contributed by atoms with Gasteiger partial charge < -0.3 is 9.64 Å². The Morgan fingerprint density at radius 1 is 1.53 bits per heavy atom. The third-order valence-corrected chi connectivity index (χ3v) is 2.54. The van der Waals surface area contributed by atoms with Crippen LogP contribution in [0.25, 0.3) is 0 Å². The Balaban J connectivity index is 2.06. The molecule has 1 aromatic heterocycles. The zero-order valence-electron chi connectivity index (χ0n) is 8.07. The number of hydrogen-bond donors (Lipinski definition) is 0. The number of anilines is 1.